The Morgan fingerprint density at radius 1 is 1.88 bits per heavy atom. The van der Waals surface area contributed by atoms with Gasteiger partial charge in [-0.2, -0.15) is 0 Å². The molecule has 0 rings (SSSR count). The minimum Gasteiger partial charge on any atom is -0.391 e. The van der Waals surface area contributed by atoms with Crippen LogP contribution in [0.2, 0.25) is 0 Å². The van der Waals surface area contributed by atoms with E-state index >= 15 is 0 Å². The summed E-state index contributed by atoms with van der Waals surface area (Å²) in [6.45, 7) is 2.26. The molecule has 0 saturated heterocycles. The van der Waals surface area contributed by atoms with Crippen molar-refractivity contribution in [1.29, 1.82) is 0 Å². The highest BCUT2D eigenvalue weighted by atomic mass is 32.4. The lowest BCUT2D eigenvalue weighted by Gasteiger charge is -2.01. The van der Waals surface area contributed by atoms with Gasteiger partial charge in [0.15, 0.2) is 0 Å². The molecule has 0 saturated carbocycles. The van der Waals surface area contributed by atoms with Gasteiger partial charge in [-0.3, -0.25) is 0 Å². The second kappa shape index (κ2) is 5.57. The molecule has 8 heavy (non-hydrogen) atoms. The molecular formula is C4H9O2PS. The van der Waals surface area contributed by atoms with Crippen molar-refractivity contribution in [2.45, 2.75) is 19.4 Å². The third-order valence-electron chi connectivity index (χ3n) is 0.791. The van der Waals surface area contributed by atoms with E-state index in [-0.39, 0.29) is 6.10 Å². The lowest BCUT2D eigenvalue weighted by Crippen LogP contribution is -2.09. The van der Waals surface area contributed by atoms with E-state index in [0.717, 1.165) is 6.42 Å². The van der Waals surface area contributed by atoms with E-state index in [0.29, 0.717) is 14.2 Å². The molecule has 0 radical (unpaired) electrons. The summed E-state index contributed by atoms with van der Waals surface area (Å²) in [7, 11) is 0.473. The monoisotopic (exact) mass is 152 g/mol. The maximum Gasteiger partial charge on any atom is 0.136 e. The van der Waals surface area contributed by atoms with Crippen molar-refractivity contribution in [3.8, 4) is 0 Å². The highest BCUT2D eigenvalue weighted by Crippen LogP contribution is 1.98. The van der Waals surface area contributed by atoms with Crippen LogP contribution in [0.25, 0.3) is 0 Å². The summed E-state index contributed by atoms with van der Waals surface area (Å²) in [6.07, 6.45) is 0.385. The largest absolute Gasteiger partial charge is 0.391 e. The van der Waals surface area contributed by atoms with Crippen LogP contribution in [0.4, 0.5) is 0 Å². The molecule has 0 heterocycles. The van der Waals surface area contributed by atoms with Crippen LogP contribution >= 0.6 is 7.58 Å². The molecule has 1 N–H and O–H groups in total. The zero-order valence-corrected chi connectivity index (χ0v) is 6.41. The van der Waals surface area contributed by atoms with Gasteiger partial charge >= 0.3 is 0 Å². The predicted octanol–water partition coefficient (Wildman–Crippen LogP) is 1.10. The van der Waals surface area contributed by atoms with Gasteiger partial charge in [0, 0.05) is 0 Å². The Labute approximate surface area is 55.8 Å². The van der Waals surface area contributed by atoms with Gasteiger partial charge in [0.05, 0.1) is 12.7 Å². The van der Waals surface area contributed by atoms with Crippen LogP contribution in [0.3, 0.4) is 0 Å². The van der Waals surface area contributed by atoms with Crippen molar-refractivity contribution in [3.63, 3.8) is 0 Å². The fraction of sp³-hybridized carbons (Fsp3) is 1.00. The van der Waals surface area contributed by atoms with Crippen LogP contribution < -0.4 is 0 Å². The van der Waals surface area contributed by atoms with Gasteiger partial charge in [-0.25, -0.2) is 0 Å². The topological polar surface area (TPSA) is 29.5 Å². The Bertz CT molecular complexity index is 69.1. The second-order valence-corrected chi connectivity index (χ2v) is 2.29. The summed E-state index contributed by atoms with van der Waals surface area (Å²) in [5, 5.41) is 8.81. The average Bonchev–Trinajstić information content (AvgIpc) is 1.83. The minimum absolute atomic E-state index is 0.342. The molecule has 1 unspecified atom stereocenters. The molecule has 0 aliphatic rings. The van der Waals surface area contributed by atoms with Gasteiger partial charge in [-0.15, -0.1) is 0 Å². The molecule has 0 spiro atoms. The molecule has 1 atom stereocenters. The van der Waals surface area contributed by atoms with Crippen molar-refractivity contribution < 1.29 is 9.63 Å². The van der Waals surface area contributed by atoms with Gasteiger partial charge in [0.25, 0.3) is 0 Å². The SMILES string of the molecule is CCC(O)COP=S. The van der Waals surface area contributed by atoms with E-state index in [1.165, 1.54) is 0 Å². The van der Waals surface area contributed by atoms with Gasteiger partial charge in [-0.05, 0) is 18.2 Å². The van der Waals surface area contributed by atoms with Gasteiger partial charge in [-0.1, -0.05) is 6.92 Å². The highest BCUT2D eigenvalue weighted by molar-refractivity contribution is 7.94. The van der Waals surface area contributed by atoms with E-state index in [2.05, 4.69) is 11.8 Å². The molecule has 2 nitrogen and oxygen atoms in total. The van der Waals surface area contributed by atoms with E-state index in [9.17, 15) is 0 Å². The van der Waals surface area contributed by atoms with Crippen molar-refractivity contribution in [3.05, 3.63) is 0 Å². The van der Waals surface area contributed by atoms with Crippen LogP contribution in [0.1, 0.15) is 13.3 Å². The first-order valence-electron chi connectivity index (χ1n) is 2.44. The Hall–Kier alpha value is 0.440. The smallest absolute Gasteiger partial charge is 0.136 e. The summed E-state index contributed by atoms with van der Waals surface area (Å²) in [6, 6.07) is 0. The molecule has 4 heteroatoms. The summed E-state index contributed by atoms with van der Waals surface area (Å²) in [5.74, 6) is 0. The lowest BCUT2D eigenvalue weighted by molar-refractivity contribution is 0.114. The van der Waals surface area contributed by atoms with E-state index in [1.54, 1.807) is 0 Å². The first kappa shape index (κ1) is 8.44. The lowest BCUT2D eigenvalue weighted by atomic mass is 10.3. The summed E-state index contributed by atoms with van der Waals surface area (Å²) in [5.41, 5.74) is 0. The van der Waals surface area contributed by atoms with E-state index in [4.69, 9.17) is 9.63 Å². The van der Waals surface area contributed by atoms with Crippen molar-refractivity contribution in [2.75, 3.05) is 6.61 Å². The Kier molecular flexibility index (Phi) is 5.88. The molecule has 0 aromatic heterocycles. The van der Waals surface area contributed by atoms with Crippen LogP contribution in [0.5, 0.6) is 0 Å². The minimum atomic E-state index is -0.342. The second-order valence-electron chi connectivity index (χ2n) is 1.43. The Balaban J connectivity index is 2.97. The third-order valence-corrected chi connectivity index (χ3v) is 1.36. The highest BCUT2D eigenvalue weighted by Gasteiger charge is 1.96. The molecule has 0 bridgehead atoms. The predicted molar refractivity (Wildman–Crippen MR) is 36.5 cm³/mol. The summed E-state index contributed by atoms with van der Waals surface area (Å²) >= 11 is 4.46. The Morgan fingerprint density at radius 3 is 2.88 bits per heavy atom. The summed E-state index contributed by atoms with van der Waals surface area (Å²) < 4.78 is 4.72. The molecule has 0 aliphatic carbocycles. The van der Waals surface area contributed by atoms with Gasteiger partial charge in [0.1, 0.15) is 7.58 Å². The van der Waals surface area contributed by atoms with Gasteiger partial charge in [0.2, 0.25) is 0 Å². The van der Waals surface area contributed by atoms with E-state index in [1.807, 2.05) is 6.92 Å². The standard InChI is InChI=1S/C4H9O2PS/c1-2-4(5)3-6-7-8/h4-5H,2-3H2,1H3. The molecule has 0 aromatic rings. The molecule has 0 amide bonds. The fourth-order valence-electron chi connectivity index (χ4n) is 0.234. The zero-order valence-electron chi connectivity index (χ0n) is 4.70. The van der Waals surface area contributed by atoms with Crippen LogP contribution in [0.15, 0.2) is 0 Å². The normalized spacial score (nSPS) is 14.2. The van der Waals surface area contributed by atoms with Crippen molar-refractivity contribution in [1.82, 2.24) is 0 Å². The zero-order chi connectivity index (χ0) is 6.41. The van der Waals surface area contributed by atoms with Crippen LogP contribution in [-0.2, 0) is 16.3 Å². The third kappa shape index (κ3) is 4.60. The maximum atomic E-state index is 8.81. The van der Waals surface area contributed by atoms with Crippen LogP contribution in [0, 0.1) is 0 Å². The average molecular weight is 152 g/mol. The molecule has 0 fully saturated rings. The first-order valence-corrected chi connectivity index (χ1v) is 4.26. The van der Waals surface area contributed by atoms with Crippen LogP contribution in [-0.4, -0.2) is 17.8 Å². The Morgan fingerprint density at radius 2 is 2.50 bits per heavy atom. The van der Waals surface area contributed by atoms with E-state index < -0.39 is 0 Å². The molecular weight excluding hydrogens is 143 g/mol. The quantitative estimate of drug-likeness (QED) is 0.611. The number of aliphatic hydroxyl groups excluding tert-OH is 1. The first-order chi connectivity index (χ1) is 3.81. The fourth-order valence-corrected chi connectivity index (χ4v) is 0.650. The maximum absolute atomic E-state index is 8.81. The van der Waals surface area contributed by atoms with Crippen molar-refractivity contribution in [2.24, 2.45) is 0 Å². The van der Waals surface area contributed by atoms with Gasteiger partial charge < -0.3 is 9.63 Å². The number of hydrogen-bond donors (Lipinski definition) is 1. The molecule has 0 aliphatic heterocycles. The van der Waals surface area contributed by atoms with Crippen molar-refractivity contribution >= 4 is 19.4 Å². The summed E-state index contributed by atoms with van der Waals surface area (Å²) in [4.78, 5) is 0. The molecule has 0 aromatic carbocycles. The number of aliphatic hydroxyl groups is 1. The molecule has 48 valence electrons. The number of hydrogen-bond acceptors (Lipinski definition) is 3. The number of rotatable bonds is 4.